The van der Waals surface area contributed by atoms with E-state index in [1.807, 2.05) is 30.2 Å². The normalized spacial score (nSPS) is 14.9. The van der Waals surface area contributed by atoms with E-state index in [9.17, 15) is 9.59 Å². The number of ether oxygens (including phenoxy) is 1. The zero-order valence-corrected chi connectivity index (χ0v) is 17.4. The first-order valence-electron chi connectivity index (χ1n) is 9.69. The number of likely N-dealkylation sites (tertiary alicyclic amines) is 1. The summed E-state index contributed by atoms with van der Waals surface area (Å²) in [5.41, 5.74) is 1.43. The second-order valence-corrected chi connectivity index (χ2v) is 7.74. The molecule has 0 aliphatic carbocycles. The third kappa shape index (κ3) is 4.52. The van der Waals surface area contributed by atoms with Gasteiger partial charge in [0.1, 0.15) is 10.7 Å². The Morgan fingerprint density at radius 2 is 2.07 bits per heavy atom. The fourth-order valence-electron chi connectivity index (χ4n) is 3.52. The van der Waals surface area contributed by atoms with Crippen LogP contribution in [0, 0.1) is 6.92 Å². The molecule has 2 aromatic rings. The van der Waals surface area contributed by atoms with Crippen LogP contribution in [0.5, 0.6) is 0 Å². The molecule has 1 saturated heterocycles. The van der Waals surface area contributed by atoms with Gasteiger partial charge in [-0.15, -0.1) is 11.3 Å². The van der Waals surface area contributed by atoms with Crippen molar-refractivity contribution in [3.8, 4) is 0 Å². The van der Waals surface area contributed by atoms with Crippen molar-refractivity contribution in [2.24, 2.45) is 0 Å². The highest BCUT2D eigenvalue weighted by Gasteiger charge is 2.32. The molecule has 28 heavy (non-hydrogen) atoms. The Hall–Kier alpha value is -2.42. The maximum absolute atomic E-state index is 13.4. The minimum absolute atomic E-state index is 0.0350. The average molecular weight is 406 g/mol. The predicted molar refractivity (Wildman–Crippen MR) is 106 cm³/mol. The van der Waals surface area contributed by atoms with Crippen LogP contribution in [0.4, 0.5) is 4.79 Å². The van der Waals surface area contributed by atoms with E-state index in [2.05, 4.69) is 10.1 Å². The molecule has 0 unspecified atom stereocenters. The van der Waals surface area contributed by atoms with Crippen LogP contribution in [0.2, 0.25) is 0 Å². The van der Waals surface area contributed by atoms with Crippen LogP contribution < -0.4 is 0 Å². The van der Waals surface area contributed by atoms with Crippen LogP contribution in [0.3, 0.4) is 0 Å². The summed E-state index contributed by atoms with van der Waals surface area (Å²) in [6.45, 7) is 8.31. The second-order valence-electron chi connectivity index (χ2n) is 6.76. The molecule has 3 heterocycles. The van der Waals surface area contributed by atoms with E-state index in [1.54, 1.807) is 34.0 Å². The first-order chi connectivity index (χ1) is 13.5. The van der Waals surface area contributed by atoms with E-state index in [4.69, 9.17) is 4.74 Å². The van der Waals surface area contributed by atoms with Gasteiger partial charge in [-0.25, -0.2) is 9.78 Å². The van der Waals surface area contributed by atoms with Gasteiger partial charge in [0, 0.05) is 37.3 Å². The summed E-state index contributed by atoms with van der Waals surface area (Å²) >= 11 is 1.54. The molecule has 152 valence electrons. The minimum Gasteiger partial charge on any atom is -0.450 e. The molecule has 0 bridgehead atoms. The lowest BCUT2D eigenvalue weighted by molar-refractivity contribution is 0.0506. The van der Waals surface area contributed by atoms with Crippen molar-refractivity contribution >= 4 is 23.3 Å². The number of piperidine rings is 1. The number of carbonyl (C=O) groups excluding carboxylic acids is 2. The second kappa shape index (κ2) is 9.18. The number of carbonyl (C=O) groups is 2. The minimum atomic E-state index is -0.279. The van der Waals surface area contributed by atoms with Crippen molar-refractivity contribution in [2.45, 2.75) is 52.7 Å². The number of hydrogen-bond acceptors (Lipinski definition) is 6. The number of aryl methyl sites for hydroxylation is 2. The van der Waals surface area contributed by atoms with Gasteiger partial charge in [-0.3, -0.25) is 9.48 Å². The maximum atomic E-state index is 13.4. The fourth-order valence-corrected chi connectivity index (χ4v) is 4.14. The Bertz CT molecular complexity index is 797. The Labute approximate surface area is 169 Å². The summed E-state index contributed by atoms with van der Waals surface area (Å²) in [4.78, 5) is 33.4. The fraction of sp³-hybridized carbons (Fsp3) is 0.579. The van der Waals surface area contributed by atoms with E-state index in [1.165, 1.54) is 0 Å². The standard InChI is InChI=1S/C19H27N5O3S/c1-4-24-16(12-14(3)21-24)18(25)23(13-17-20-8-11-28-17)15-6-9-22(10-7-15)19(26)27-5-2/h8,11-12,15H,4-7,9-10,13H2,1-3H3. The summed E-state index contributed by atoms with van der Waals surface area (Å²) in [6.07, 6.45) is 2.91. The van der Waals surface area contributed by atoms with Gasteiger partial charge in [-0.1, -0.05) is 0 Å². The molecule has 1 aliphatic heterocycles. The highest BCUT2D eigenvalue weighted by molar-refractivity contribution is 7.09. The van der Waals surface area contributed by atoms with Crippen molar-refractivity contribution < 1.29 is 14.3 Å². The zero-order valence-electron chi connectivity index (χ0n) is 16.6. The molecule has 3 rings (SSSR count). The number of nitrogens with zero attached hydrogens (tertiary/aromatic N) is 5. The molecule has 0 spiro atoms. The van der Waals surface area contributed by atoms with Crippen molar-refractivity contribution in [1.29, 1.82) is 0 Å². The molecule has 0 saturated carbocycles. The van der Waals surface area contributed by atoms with Crippen LogP contribution >= 0.6 is 11.3 Å². The smallest absolute Gasteiger partial charge is 0.409 e. The third-order valence-corrected chi connectivity index (χ3v) is 5.67. The van der Waals surface area contributed by atoms with Gasteiger partial charge in [0.05, 0.1) is 18.8 Å². The van der Waals surface area contributed by atoms with Crippen molar-refractivity contribution in [3.05, 3.63) is 34.0 Å². The zero-order chi connectivity index (χ0) is 20.1. The lowest BCUT2D eigenvalue weighted by Gasteiger charge is -2.37. The van der Waals surface area contributed by atoms with Crippen molar-refractivity contribution in [2.75, 3.05) is 19.7 Å². The Kier molecular flexibility index (Phi) is 6.66. The molecule has 2 aromatic heterocycles. The summed E-state index contributed by atoms with van der Waals surface area (Å²) in [5, 5.41) is 7.24. The molecule has 0 atom stereocenters. The van der Waals surface area contributed by atoms with Gasteiger partial charge in [-0.2, -0.15) is 5.10 Å². The van der Waals surface area contributed by atoms with Crippen molar-refractivity contribution in [1.82, 2.24) is 24.6 Å². The predicted octanol–water partition coefficient (Wildman–Crippen LogP) is 2.93. The molecule has 2 amide bonds. The monoisotopic (exact) mass is 405 g/mol. The SMILES string of the molecule is CCOC(=O)N1CCC(N(Cc2nccs2)C(=O)c2cc(C)nn2CC)CC1. The van der Waals surface area contributed by atoms with E-state index in [-0.39, 0.29) is 18.0 Å². The van der Waals surface area contributed by atoms with Gasteiger partial charge in [0.2, 0.25) is 0 Å². The molecule has 8 nitrogen and oxygen atoms in total. The number of rotatable bonds is 6. The molecule has 0 N–H and O–H groups in total. The first kappa shape index (κ1) is 20.3. The Morgan fingerprint density at radius 1 is 1.32 bits per heavy atom. The number of amides is 2. The van der Waals surface area contributed by atoms with Crippen LogP contribution in [0.1, 0.15) is 47.9 Å². The molecular formula is C19H27N5O3S. The highest BCUT2D eigenvalue weighted by atomic mass is 32.1. The van der Waals surface area contributed by atoms with Gasteiger partial charge in [0.25, 0.3) is 5.91 Å². The Balaban J connectivity index is 1.78. The number of aromatic nitrogens is 3. The van der Waals surface area contributed by atoms with Gasteiger partial charge in [-0.05, 0) is 39.7 Å². The Morgan fingerprint density at radius 3 is 2.68 bits per heavy atom. The van der Waals surface area contributed by atoms with Crippen molar-refractivity contribution in [3.63, 3.8) is 0 Å². The maximum Gasteiger partial charge on any atom is 0.409 e. The van der Waals surface area contributed by atoms with Crippen LogP contribution in [-0.4, -0.2) is 62.3 Å². The molecule has 1 fully saturated rings. The largest absolute Gasteiger partial charge is 0.450 e. The summed E-state index contributed by atoms with van der Waals surface area (Å²) in [6, 6.07) is 1.89. The van der Waals surface area contributed by atoms with E-state index in [0.29, 0.717) is 38.5 Å². The molecule has 9 heteroatoms. The number of hydrogen-bond donors (Lipinski definition) is 0. The molecular weight excluding hydrogens is 378 g/mol. The summed E-state index contributed by atoms with van der Waals surface area (Å²) in [5.74, 6) is -0.0350. The first-order valence-corrected chi connectivity index (χ1v) is 10.6. The van der Waals surface area contributed by atoms with Gasteiger partial charge >= 0.3 is 6.09 Å². The lowest BCUT2D eigenvalue weighted by atomic mass is 10.0. The van der Waals surface area contributed by atoms with E-state index in [0.717, 1.165) is 23.5 Å². The molecule has 1 aliphatic rings. The van der Waals surface area contributed by atoms with Gasteiger partial charge in [0.15, 0.2) is 0 Å². The highest BCUT2D eigenvalue weighted by Crippen LogP contribution is 2.23. The number of thiazole rings is 1. The summed E-state index contributed by atoms with van der Waals surface area (Å²) in [7, 11) is 0. The topological polar surface area (TPSA) is 80.6 Å². The quantitative estimate of drug-likeness (QED) is 0.738. The summed E-state index contributed by atoms with van der Waals surface area (Å²) < 4.78 is 6.85. The van der Waals surface area contributed by atoms with E-state index >= 15 is 0 Å². The van der Waals surface area contributed by atoms with Gasteiger partial charge < -0.3 is 14.5 Å². The molecule has 0 aromatic carbocycles. The molecule has 0 radical (unpaired) electrons. The van der Waals surface area contributed by atoms with Crippen LogP contribution in [0.25, 0.3) is 0 Å². The average Bonchev–Trinajstić information content (AvgIpc) is 3.35. The van der Waals surface area contributed by atoms with E-state index < -0.39 is 0 Å². The third-order valence-electron chi connectivity index (χ3n) is 4.90. The van der Waals surface area contributed by atoms with Crippen LogP contribution in [0.15, 0.2) is 17.6 Å². The van der Waals surface area contributed by atoms with Crippen LogP contribution in [-0.2, 0) is 17.8 Å². The lowest BCUT2D eigenvalue weighted by Crippen LogP contribution is -2.49.